The van der Waals surface area contributed by atoms with Crippen LogP contribution in [0.25, 0.3) is 10.9 Å². The highest BCUT2D eigenvalue weighted by molar-refractivity contribution is 14.1. The summed E-state index contributed by atoms with van der Waals surface area (Å²) in [7, 11) is -2.46. The average molecular weight is 841 g/mol. The van der Waals surface area contributed by atoms with Crippen LogP contribution in [0.1, 0.15) is 34.0 Å². The highest BCUT2D eigenvalue weighted by Crippen LogP contribution is 2.46. The Kier molecular flexibility index (Phi) is 11.2. The molecular weight excluding hydrogens is 802 g/mol. The fourth-order valence-corrected chi connectivity index (χ4v) is 7.58. The molecule has 272 valence electrons. The molecule has 0 bridgehead atoms. The molecule has 2 fully saturated rings. The maximum Gasteiger partial charge on any atom is 0.537 e. The molecular formula is C36H38IN6O8P. The van der Waals surface area contributed by atoms with Gasteiger partial charge < -0.3 is 24.2 Å². The zero-order valence-corrected chi connectivity index (χ0v) is 31.6. The van der Waals surface area contributed by atoms with Crippen LogP contribution in [0.4, 0.5) is 4.79 Å². The Morgan fingerprint density at radius 3 is 2.46 bits per heavy atom. The fraction of sp³-hybridized carbons (Fsp3) is 0.278. The number of hydrazine groups is 1. The first-order valence-corrected chi connectivity index (χ1v) is 18.8. The number of nitrogens with zero attached hydrogens (tertiary/aromatic N) is 5. The van der Waals surface area contributed by atoms with E-state index in [0.717, 1.165) is 22.0 Å². The smallest absolute Gasteiger partial charge is 0.404 e. The molecule has 52 heavy (non-hydrogen) atoms. The Bertz CT molecular complexity index is 2060. The molecule has 1 aromatic heterocycles. The molecule has 2 saturated heterocycles. The Morgan fingerprint density at radius 2 is 1.79 bits per heavy atom. The molecule has 2 aliphatic heterocycles. The summed E-state index contributed by atoms with van der Waals surface area (Å²) in [4.78, 5) is 68.0. The summed E-state index contributed by atoms with van der Waals surface area (Å²) in [5, 5.41) is 6.90. The van der Waals surface area contributed by atoms with Crippen LogP contribution in [0.3, 0.4) is 0 Å². The number of phosphoric ester groups is 1. The molecule has 14 nitrogen and oxygen atoms in total. The van der Waals surface area contributed by atoms with Crippen molar-refractivity contribution in [2.45, 2.75) is 38.6 Å². The minimum atomic E-state index is -4.31. The van der Waals surface area contributed by atoms with Crippen LogP contribution in [0.5, 0.6) is 5.75 Å². The zero-order valence-electron chi connectivity index (χ0n) is 28.6. The number of benzene rings is 3. The number of phosphoric acid groups is 1. The summed E-state index contributed by atoms with van der Waals surface area (Å²) in [5.41, 5.74) is 3.71. The van der Waals surface area contributed by atoms with E-state index in [-0.39, 0.29) is 62.5 Å². The highest BCUT2D eigenvalue weighted by Gasteiger charge is 2.51. The van der Waals surface area contributed by atoms with Crippen molar-refractivity contribution in [1.82, 2.24) is 29.7 Å². The summed E-state index contributed by atoms with van der Waals surface area (Å²) in [6.07, 6.45) is 2.61. The molecule has 16 heteroatoms. The number of ketones is 1. The molecule has 0 radical (unpaired) electrons. The van der Waals surface area contributed by atoms with Crippen LogP contribution in [0.2, 0.25) is 0 Å². The largest absolute Gasteiger partial charge is 0.537 e. The van der Waals surface area contributed by atoms with E-state index in [9.17, 15) is 28.6 Å². The van der Waals surface area contributed by atoms with E-state index < -0.39 is 26.1 Å². The number of rotatable bonds is 12. The lowest BCUT2D eigenvalue weighted by molar-refractivity contribution is -0.189. The summed E-state index contributed by atoms with van der Waals surface area (Å²) >= 11 is 1.29. The van der Waals surface area contributed by atoms with Crippen molar-refractivity contribution >= 4 is 65.4 Å². The fourth-order valence-electron chi connectivity index (χ4n) is 6.92. The van der Waals surface area contributed by atoms with Crippen LogP contribution in [-0.2, 0) is 43.6 Å². The average Bonchev–Trinajstić information content (AvgIpc) is 3.47. The maximum atomic E-state index is 14.6. The molecule has 0 aliphatic carbocycles. The van der Waals surface area contributed by atoms with Crippen molar-refractivity contribution in [2.24, 2.45) is 7.05 Å². The van der Waals surface area contributed by atoms with Crippen molar-refractivity contribution < 1.29 is 36.0 Å². The van der Waals surface area contributed by atoms with E-state index in [0.29, 0.717) is 11.1 Å². The standard InChI is InChI=1S/C36H38IN6O8P/c1-4-17-41-23-33(45)42-31(18-25-13-15-28(16-14-25)50-52(48,49)51-37)35(46)40(20-27-11-8-12-29-30(24(2)44)21-39(3)34(27)29)22-32(42)43(41)36(47)38-19-26-9-6-5-7-10-26/h4-16,21,31-32H,1,17-20,22-23H2,2-3H3,(H,38,47)(H,48,49)/t31-,32-/m0/s1. The van der Waals surface area contributed by atoms with E-state index in [4.69, 9.17) is 4.52 Å². The number of fused-ring (bicyclic) bond motifs is 2. The van der Waals surface area contributed by atoms with E-state index >= 15 is 0 Å². The number of piperazine rings is 1. The normalized spacial score (nSPS) is 19.0. The third-order valence-electron chi connectivity index (χ3n) is 9.15. The van der Waals surface area contributed by atoms with Gasteiger partial charge >= 0.3 is 13.9 Å². The predicted octanol–water partition coefficient (Wildman–Crippen LogP) is 4.96. The molecule has 6 rings (SSSR count). The number of hydrogen-bond acceptors (Lipinski definition) is 8. The van der Waals surface area contributed by atoms with E-state index in [1.807, 2.05) is 60.1 Å². The lowest BCUT2D eigenvalue weighted by atomic mass is 9.98. The number of Topliss-reactive ketones (excluding diaryl/α,β-unsaturated/α-hetero) is 1. The van der Waals surface area contributed by atoms with Crippen molar-refractivity contribution in [1.29, 1.82) is 0 Å². The maximum absolute atomic E-state index is 14.6. The molecule has 3 aromatic carbocycles. The number of halogens is 1. The number of aromatic nitrogens is 1. The first kappa shape index (κ1) is 37.2. The zero-order chi connectivity index (χ0) is 37.2. The van der Waals surface area contributed by atoms with Crippen LogP contribution < -0.4 is 9.84 Å². The monoisotopic (exact) mass is 840 g/mol. The van der Waals surface area contributed by atoms with E-state index in [1.54, 1.807) is 34.3 Å². The van der Waals surface area contributed by atoms with Gasteiger partial charge in [-0.25, -0.2) is 22.2 Å². The van der Waals surface area contributed by atoms with Crippen LogP contribution in [-0.4, -0.2) is 84.7 Å². The highest BCUT2D eigenvalue weighted by atomic mass is 127. The van der Waals surface area contributed by atoms with Gasteiger partial charge in [-0.1, -0.05) is 66.7 Å². The van der Waals surface area contributed by atoms with Gasteiger partial charge in [0.05, 0.1) is 18.6 Å². The second-order valence-corrected chi connectivity index (χ2v) is 15.1. The van der Waals surface area contributed by atoms with Gasteiger partial charge in [0.1, 0.15) is 41.0 Å². The Hall–Kier alpha value is -4.54. The number of urea groups is 1. The summed E-state index contributed by atoms with van der Waals surface area (Å²) in [6.45, 7) is 5.82. The molecule has 2 N–H and O–H groups in total. The van der Waals surface area contributed by atoms with Crippen molar-refractivity contribution in [3.63, 3.8) is 0 Å². The molecule has 4 amide bonds. The third-order valence-corrected chi connectivity index (χ3v) is 11.3. The predicted molar refractivity (Wildman–Crippen MR) is 201 cm³/mol. The number of para-hydroxylation sites is 1. The van der Waals surface area contributed by atoms with Gasteiger partial charge in [0.15, 0.2) is 5.78 Å². The van der Waals surface area contributed by atoms with Gasteiger partial charge in [-0.05, 0) is 35.7 Å². The number of hydrogen-bond donors (Lipinski definition) is 2. The van der Waals surface area contributed by atoms with Gasteiger partial charge in [-0.3, -0.25) is 19.3 Å². The number of aryl methyl sites for hydroxylation is 1. The van der Waals surface area contributed by atoms with Gasteiger partial charge in [-0.15, -0.1) is 6.58 Å². The molecule has 4 aromatic rings. The van der Waals surface area contributed by atoms with Crippen molar-refractivity contribution in [3.8, 4) is 5.75 Å². The van der Waals surface area contributed by atoms with Gasteiger partial charge in [0.2, 0.25) is 11.8 Å². The number of amides is 4. The summed E-state index contributed by atoms with van der Waals surface area (Å²) < 4.78 is 23.3. The number of carbonyl (C=O) groups is 4. The molecule has 3 atom stereocenters. The van der Waals surface area contributed by atoms with Gasteiger partial charge in [0, 0.05) is 50.2 Å². The summed E-state index contributed by atoms with van der Waals surface area (Å²) in [5.74, 6) is -0.639. The van der Waals surface area contributed by atoms with Crippen molar-refractivity contribution in [2.75, 3.05) is 19.6 Å². The van der Waals surface area contributed by atoms with E-state index in [2.05, 4.69) is 14.7 Å². The minimum absolute atomic E-state index is 0.0166. The first-order chi connectivity index (χ1) is 24.9. The van der Waals surface area contributed by atoms with E-state index in [1.165, 1.54) is 52.0 Å². The molecule has 0 saturated carbocycles. The minimum Gasteiger partial charge on any atom is -0.404 e. The second-order valence-electron chi connectivity index (χ2n) is 12.6. The Morgan fingerprint density at radius 1 is 1.06 bits per heavy atom. The number of carbonyl (C=O) groups excluding carboxylic acids is 4. The molecule has 3 heterocycles. The topological polar surface area (TPSA) is 154 Å². The lowest BCUT2D eigenvalue weighted by Crippen LogP contribution is -2.76. The summed E-state index contributed by atoms with van der Waals surface area (Å²) in [6, 6.07) is 19.9. The Labute approximate surface area is 314 Å². The molecule has 2 aliphatic rings. The Balaban J connectivity index is 1.38. The van der Waals surface area contributed by atoms with Crippen LogP contribution in [0, 0.1) is 0 Å². The lowest BCUT2D eigenvalue weighted by Gasteiger charge is -2.55. The second kappa shape index (κ2) is 15.6. The van der Waals surface area contributed by atoms with Crippen molar-refractivity contribution in [3.05, 3.63) is 114 Å². The SMILES string of the molecule is C=CCN1CC(=O)N2[C@@H](Cc3ccc(OP(=O)(O)OI)cc3)C(=O)N(Cc3cccc4c(C(C)=O)cn(C)c34)C[C@@H]2N1C(=O)NCc1ccccc1. The molecule has 0 spiro atoms. The van der Waals surface area contributed by atoms with Gasteiger partial charge in [0.25, 0.3) is 0 Å². The van der Waals surface area contributed by atoms with Gasteiger partial charge in [-0.2, -0.15) is 0 Å². The van der Waals surface area contributed by atoms with Crippen LogP contribution >= 0.6 is 30.8 Å². The molecule has 1 unspecified atom stereocenters. The quantitative estimate of drug-likeness (QED) is 0.0873. The number of nitrogens with one attached hydrogen (secondary N) is 1. The first-order valence-electron chi connectivity index (χ1n) is 16.5. The third kappa shape index (κ3) is 7.78. The van der Waals surface area contributed by atoms with Crippen LogP contribution in [0.15, 0.2) is 91.6 Å².